The molecule has 0 aliphatic carbocycles. The Kier molecular flexibility index (Phi) is 3.80. The molecule has 0 saturated carbocycles. The number of halogens is 1. The largest absolute Gasteiger partial charge is 0.423 e. The van der Waals surface area contributed by atoms with E-state index in [4.69, 9.17) is 16.3 Å². The molecule has 0 spiro atoms. The minimum absolute atomic E-state index is 0.464. The summed E-state index contributed by atoms with van der Waals surface area (Å²) in [7, 11) is 0. The molecule has 0 unspecified atom stereocenters. The summed E-state index contributed by atoms with van der Waals surface area (Å²) >= 11 is 5.83. The topological polar surface area (TPSA) is 26.3 Å². The molecule has 0 aliphatic heterocycles. The van der Waals surface area contributed by atoms with Crippen LogP contribution in [0.3, 0.4) is 0 Å². The van der Waals surface area contributed by atoms with Gasteiger partial charge < -0.3 is 4.74 Å². The summed E-state index contributed by atoms with van der Waals surface area (Å²) in [5.41, 5.74) is 2.09. The molecule has 2 nitrogen and oxygen atoms in total. The Morgan fingerprint density at radius 3 is 2.00 bits per heavy atom. The van der Waals surface area contributed by atoms with Crippen LogP contribution in [0, 0.1) is 0 Å². The van der Waals surface area contributed by atoms with Crippen molar-refractivity contribution in [1.29, 1.82) is 0 Å². The highest BCUT2D eigenvalue weighted by Crippen LogP contribution is 2.23. The normalized spacial score (nSPS) is 9.83. The molecule has 0 N–H and O–H groups in total. The highest BCUT2D eigenvalue weighted by atomic mass is 35.5. The highest BCUT2D eigenvalue weighted by molar-refractivity contribution is 6.30. The van der Waals surface area contributed by atoms with Crippen LogP contribution in [0.1, 0.15) is 0 Å². The SMILES string of the molecule is C=CC(=O)Oc1ccc(-c2ccc(Cl)cc2)cc1. The zero-order valence-electron chi connectivity index (χ0n) is 9.60. The van der Waals surface area contributed by atoms with Crippen LogP contribution in [-0.4, -0.2) is 5.97 Å². The Morgan fingerprint density at radius 1 is 1.00 bits per heavy atom. The summed E-state index contributed by atoms with van der Waals surface area (Å²) in [4.78, 5) is 11.0. The van der Waals surface area contributed by atoms with Crippen LogP contribution in [0.15, 0.2) is 61.2 Å². The Bertz CT molecular complexity index is 556. The van der Waals surface area contributed by atoms with E-state index in [9.17, 15) is 4.79 Å². The molecule has 2 aromatic carbocycles. The fourth-order valence-electron chi connectivity index (χ4n) is 1.52. The molecule has 0 amide bonds. The van der Waals surface area contributed by atoms with Crippen LogP contribution in [0.4, 0.5) is 0 Å². The molecule has 90 valence electrons. The first kappa shape index (κ1) is 12.4. The second-order valence-electron chi connectivity index (χ2n) is 3.66. The number of carbonyl (C=O) groups excluding carboxylic acids is 1. The van der Waals surface area contributed by atoms with Crippen molar-refractivity contribution in [2.24, 2.45) is 0 Å². The third kappa shape index (κ3) is 2.99. The van der Waals surface area contributed by atoms with Gasteiger partial charge >= 0.3 is 5.97 Å². The molecule has 0 bridgehead atoms. The lowest BCUT2D eigenvalue weighted by molar-refractivity contribution is -0.128. The molecule has 2 aromatic rings. The molecule has 3 heteroatoms. The minimum Gasteiger partial charge on any atom is -0.423 e. The number of ether oxygens (including phenoxy) is 1. The van der Waals surface area contributed by atoms with E-state index in [1.807, 2.05) is 36.4 Å². The zero-order valence-corrected chi connectivity index (χ0v) is 10.4. The molecule has 0 heterocycles. The third-order valence-electron chi connectivity index (χ3n) is 2.42. The van der Waals surface area contributed by atoms with E-state index in [0.29, 0.717) is 10.8 Å². The molecule has 0 aromatic heterocycles. The van der Waals surface area contributed by atoms with E-state index in [1.165, 1.54) is 0 Å². The number of rotatable bonds is 3. The van der Waals surface area contributed by atoms with Gasteiger partial charge in [0.15, 0.2) is 0 Å². The van der Waals surface area contributed by atoms with Crippen LogP contribution in [0.5, 0.6) is 5.75 Å². The van der Waals surface area contributed by atoms with Crippen molar-refractivity contribution in [2.45, 2.75) is 0 Å². The molecule has 0 aliphatic rings. The first-order chi connectivity index (χ1) is 8.69. The molecule has 0 fully saturated rings. The smallest absolute Gasteiger partial charge is 0.335 e. The fraction of sp³-hybridized carbons (Fsp3) is 0. The lowest BCUT2D eigenvalue weighted by atomic mass is 10.1. The van der Waals surface area contributed by atoms with Gasteiger partial charge in [0.1, 0.15) is 5.75 Å². The van der Waals surface area contributed by atoms with Gasteiger partial charge in [0.25, 0.3) is 0 Å². The maximum Gasteiger partial charge on any atom is 0.335 e. The highest BCUT2D eigenvalue weighted by Gasteiger charge is 2.01. The van der Waals surface area contributed by atoms with Crippen molar-refractivity contribution >= 4 is 17.6 Å². The van der Waals surface area contributed by atoms with Crippen LogP contribution in [0.25, 0.3) is 11.1 Å². The lowest BCUT2D eigenvalue weighted by Gasteiger charge is -2.04. The molecule has 18 heavy (non-hydrogen) atoms. The van der Waals surface area contributed by atoms with Gasteiger partial charge in [-0.05, 0) is 35.4 Å². The van der Waals surface area contributed by atoms with Gasteiger partial charge in [-0.2, -0.15) is 0 Å². The van der Waals surface area contributed by atoms with Crippen LogP contribution in [-0.2, 0) is 4.79 Å². The van der Waals surface area contributed by atoms with E-state index < -0.39 is 5.97 Å². The van der Waals surface area contributed by atoms with E-state index >= 15 is 0 Å². The first-order valence-electron chi connectivity index (χ1n) is 5.39. The molecule has 0 atom stereocenters. The van der Waals surface area contributed by atoms with Gasteiger partial charge in [0.05, 0.1) is 0 Å². The summed E-state index contributed by atoms with van der Waals surface area (Å²) in [6, 6.07) is 14.8. The quantitative estimate of drug-likeness (QED) is 0.471. The summed E-state index contributed by atoms with van der Waals surface area (Å²) in [6.45, 7) is 3.34. The molecular weight excluding hydrogens is 248 g/mol. The van der Waals surface area contributed by atoms with Gasteiger partial charge in [-0.25, -0.2) is 4.79 Å². The standard InChI is InChI=1S/C15H11ClO2/c1-2-15(17)18-14-9-5-12(6-10-14)11-3-7-13(16)8-4-11/h2-10H,1H2. The van der Waals surface area contributed by atoms with Crippen molar-refractivity contribution in [3.8, 4) is 16.9 Å². The summed E-state index contributed by atoms with van der Waals surface area (Å²) < 4.78 is 5.00. The Hall–Kier alpha value is -2.06. The second-order valence-corrected chi connectivity index (χ2v) is 4.09. The maximum atomic E-state index is 11.0. The molecule has 2 rings (SSSR count). The van der Waals surface area contributed by atoms with Crippen molar-refractivity contribution in [1.82, 2.24) is 0 Å². The first-order valence-corrected chi connectivity index (χ1v) is 5.77. The maximum absolute atomic E-state index is 11.0. The molecule has 0 radical (unpaired) electrons. The van der Waals surface area contributed by atoms with Gasteiger partial charge in [0.2, 0.25) is 0 Å². The zero-order chi connectivity index (χ0) is 13.0. The van der Waals surface area contributed by atoms with Crippen LogP contribution in [0.2, 0.25) is 5.02 Å². The van der Waals surface area contributed by atoms with E-state index in [2.05, 4.69) is 6.58 Å². The Labute approximate surface area is 110 Å². The summed E-state index contributed by atoms with van der Waals surface area (Å²) in [5.74, 6) is 0.0341. The number of esters is 1. The van der Waals surface area contributed by atoms with Crippen molar-refractivity contribution in [3.63, 3.8) is 0 Å². The average molecular weight is 259 g/mol. The fourth-order valence-corrected chi connectivity index (χ4v) is 1.64. The number of benzene rings is 2. The number of hydrogen-bond acceptors (Lipinski definition) is 2. The molecule has 0 saturated heterocycles. The minimum atomic E-state index is -0.464. The van der Waals surface area contributed by atoms with Crippen molar-refractivity contribution in [2.75, 3.05) is 0 Å². The van der Waals surface area contributed by atoms with Crippen molar-refractivity contribution < 1.29 is 9.53 Å². The third-order valence-corrected chi connectivity index (χ3v) is 2.67. The number of hydrogen-bond donors (Lipinski definition) is 0. The van der Waals surface area contributed by atoms with Crippen LogP contribution >= 0.6 is 11.6 Å². The van der Waals surface area contributed by atoms with Gasteiger partial charge in [0, 0.05) is 11.1 Å². The van der Waals surface area contributed by atoms with Crippen LogP contribution < -0.4 is 4.74 Å². The molecular formula is C15H11ClO2. The number of carbonyl (C=O) groups is 1. The monoisotopic (exact) mass is 258 g/mol. The predicted octanol–water partition coefficient (Wildman–Crippen LogP) is 4.10. The van der Waals surface area contributed by atoms with Crippen molar-refractivity contribution in [3.05, 3.63) is 66.2 Å². The van der Waals surface area contributed by atoms with E-state index in [1.54, 1.807) is 12.1 Å². The van der Waals surface area contributed by atoms with Gasteiger partial charge in [-0.15, -0.1) is 0 Å². The van der Waals surface area contributed by atoms with E-state index in [-0.39, 0.29) is 0 Å². The van der Waals surface area contributed by atoms with Gasteiger partial charge in [-0.3, -0.25) is 0 Å². The van der Waals surface area contributed by atoms with E-state index in [0.717, 1.165) is 17.2 Å². The summed E-state index contributed by atoms with van der Waals surface area (Å²) in [5, 5.41) is 0.704. The predicted molar refractivity (Wildman–Crippen MR) is 72.7 cm³/mol. The lowest BCUT2D eigenvalue weighted by Crippen LogP contribution is -2.02. The average Bonchev–Trinajstić information content (AvgIpc) is 2.40. The Balaban J connectivity index is 2.19. The second kappa shape index (κ2) is 5.52. The Morgan fingerprint density at radius 2 is 1.50 bits per heavy atom. The van der Waals surface area contributed by atoms with Gasteiger partial charge in [-0.1, -0.05) is 42.4 Å². The summed E-state index contributed by atoms with van der Waals surface area (Å²) in [6.07, 6.45) is 1.13.